The van der Waals surface area contributed by atoms with E-state index in [9.17, 15) is 4.39 Å². The second kappa shape index (κ2) is 9.46. The number of hydrogen-bond acceptors (Lipinski definition) is 2. The lowest BCUT2D eigenvalue weighted by Gasteiger charge is -2.01. The molecule has 0 N–H and O–H groups in total. The van der Waals surface area contributed by atoms with Gasteiger partial charge in [0.2, 0.25) is 0 Å². The van der Waals surface area contributed by atoms with Crippen molar-refractivity contribution in [3.05, 3.63) is 93.9 Å². The molecule has 0 aliphatic carbocycles. The van der Waals surface area contributed by atoms with Crippen LogP contribution in [0.3, 0.4) is 0 Å². The van der Waals surface area contributed by atoms with Crippen molar-refractivity contribution in [1.82, 2.24) is 0 Å². The maximum atomic E-state index is 13.7. The Morgan fingerprint density at radius 1 is 0.657 bits per heavy atom. The maximum absolute atomic E-state index is 13.7. The highest BCUT2D eigenvalue weighted by Crippen LogP contribution is 2.38. The SMILES string of the molecule is CCCCCCc1ccc(C#Cc2ccc3cc4c(cc3c2)sc2cc3cc(F)ccc3cc24)s1. The third kappa shape index (κ3) is 4.57. The van der Waals surface area contributed by atoms with Crippen molar-refractivity contribution in [3.63, 3.8) is 0 Å². The lowest BCUT2D eigenvalue weighted by Crippen LogP contribution is -1.80. The lowest BCUT2D eigenvalue weighted by molar-refractivity contribution is 0.630. The largest absolute Gasteiger partial charge is 0.207 e. The molecule has 35 heavy (non-hydrogen) atoms. The second-order valence-electron chi connectivity index (χ2n) is 9.18. The molecule has 0 atom stereocenters. The van der Waals surface area contributed by atoms with E-state index in [4.69, 9.17) is 0 Å². The Morgan fingerprint density at radius 3 is 2.17 bits per heavy atom. The Hall–Kier alpha value is -3.19. The van der Waals surface area contributed by atoms with Crippen LogP contribution in [0.5, 0.6) is 0 Å². The predicted molar refractivity (Wildman–Crippen MR) is 152 cm³/mol. The molecule has 2 heterocycles. The number of fused-ring (bicyclic) bond motifs is 5. The molecule has 0 bridgehead atoms. The van der Waals surface area contributed by atoms with Crippen LogP contribution < -0.4 is 0 Å². The minimum atomic E-state index is -0.192. The van der Waals surface area contributed by atoms with Gasteiger partial charge in [0.05, 0.1) is 4.88 Å². The molecule has 0 spiro atoms. The number of rotatable bonds is 5. The Kier molecular flexibility index (Phi) is 6.02. The molecule has 0 fully saturated rings. The fraction of sp³-hybridized carbons (Fsp3) is 0.188. The summed E-state index contributed by atoms with van der Waals surface area (Å²) in [6, 6.07) is 24.7. The molecule has 0 saturated carbocycles. The first-order valence-electron chi connectivity index (χ1n) is 12.3. The van der Waals surface area contributed by atoms with E-state index in [2.05, 4.69) is 73.4 Å². The lowest BCUT2D eigenvalue weighted by atomic mass is 10.0. The summed E-state index contributed by atoms with van der Waals surface area (Å²) in [5.74, 6) is 6.55. The van der Waals surface area contributed by atoms with Crippen LogP contribution in [0, 0.1) is 17.7 Å². The third-order valence-corrected chi connectivity index (χ3v) is 8.79. The van der Waals surface area contributed by atoms with Crippen LogP contribution in [-0.4, -0.2) is 0 Å². The molecule has 0 aliphatic rings. The zero-order valence-corrected chi connectivity index (χ0v) is 21.3. The average Bonchev–Trinajstić information content (AvgIpc) is 3.46. The first-order chi connectivity index (χ1) is 17.2. The number of unbranched alkanes of at least 4 members (excludes halogenated alkanes) is 3. The molecule has 0 radical (unpaired) electrons. The van der Waals surface area contributed by atoms with E-state index in [1.54, 1.807) is 17.4 Å². The molecule has 0 amide bonds. The van der Waals surface area contributed by atoms with Crippen molar-refractivity contribution in [2.75, 3.05) is 0 Å². The smallest absolute Gasteiger partial charge is 0.123 e. The van der Waals surface area contributed by atoms with Gasteiger partial charge in [0.15, 0.2) is 0 Å². The van der Waals surface area contributed by atoms with E-state index in [1.807, 2.05) is 17.4 Å². The van der Waals surface area contributed by atoms with Crippen LogP contribution in [0.15, 0.2) is 72.8 Å². The molecule has 2 aromatic heterocycles. The Labute approximate surface area is 213 Å². The van der Waals surface area contributed by atoms with Gasteiger partial charge in [-0.05, 0) is 95.1 Å². The van der Waals surface area contributed by atoms with E-state index in [1.165, 1.54) is 67.6 Å². The molecular weight excluding hydrogens is 467 g/mol. The topological polar surface area (TPSA) is 0 Å². The van der Waals surface area contributed by atoms with Crippen molar-refractivity contribution in [3.8, 4) is 11.8 Å². The zero-order valence-electron chi connectivity index (χ0n) is 19.7. The van der Waals surface area contributed by atoms with E-state index in [-0.39, 0.29) is 5.82 Å². The Balaban J connectivity index is 1.31. The van der Waals surface area contributed by atoms with Crippen LogP contribution in [-0.2, 0) is 6.42 Å². The summed E-state index contributed by atoms with van der Waals surface area (Å²) in [6.07, 6.45) is 6.35. The number of hydrogen-bond donors (Lipinski definition) is 0. The van der Waals surface area contributed by atoms with Crippen molar-refractivity contribution >= 4 is 64.4 Å². The summed E-state index contributed by atoms with van der Waals surface area (Å²) in [5, 5.41) is 6.93. The molecule has 0 nitrogen and oxygen atoms in total. The predicted octanol–water partition coefficient (Wildman–Crippen LogP) is 10.1. The number of thiophene rings is 2. The fourth-order valence-corrected chi connectivity index (χ4v) is 6.82. The first-order valence-corrected chi connectivity index (χ1v) is 13.9. The van der Waals surface area contributed by atoms with Crippen molar-refractivity contribution in [2.45, 2.75) is 39.0 Å². The minimum absolute atomic E-state index is 0.192. The molecule has 0 unspecified atom stereocenters. The van der Waals surface area contributed by atoms with Gasteiger partial charge in [0, 0.05) is 30.6 Å². The van der Waals surface area contributed by atoms with Gasteiger partial charge >= 0.3 is 0 Å². The first kappa shape index (κ1) is 22.3. The molecular formula is C32H25FS2. The molecule has 0 aliphatic heterocycles. The Bertz CT molecular complexity index is 1760. The Morgan fingerprint density at radius 2 is 1.40 bits per heavy atom. The summed E-state index contributed by atoms with van der Waals surface area (Å²) in [5.41, 5.74) is 1.04. The summed E-state index contributed by atoms with van der Waals surface area (Å²) >= 11 is 3.59. The highest BCUT2D eigenvalue weighted by molar-refractivity contribution is 7.26. The van der Waals surface area contributed by atoms with Crippen molar-refractivity contribution in [2.24, 2.45) is 0 Å². The summed E-state index contributed by atoms with van der Waals surface area (Å²) in [7, 11) is 0. The van der Waals surface area contributed by atoms with Gasteiger partial charge < -0.3 is 0 Å². The van der Waals surface area contributed by atoms with Crippen molar-refractivity contribution < 1.29 is 4.39 Å². The minimum Gasteiger partial charge on any atom is -0.207 e. The molecule has 6 rings (SSSR count). The zero-order chi connectivity index (χ0) is 23.8. The highest BCUT2D eigenvalue weighted by Gasteiger charge is 2.09. The van der Waals surface area contributed by atoms with E-state index < -0.39 is 0 Å². The third-order valence-electron chi connectivity index (χ3n) is 6.62. The number of benzene rings is 4. The monoisotopic (exact) mass is 492 g/mol. The van der Waals surface area contributed by atoms with Crippen LogP contribution >= 0.6 is 22.7 Å². The fourth-order valence-electron chi connectivity index (χ4n) is 4.75. The molecule has 0 saturated heterocycles. The quantitative estimate of drug-likeness (QED) is 0.166. The average molecular weight is 493 g/mol. The number of aryl methyl sites for hydroxylation is 1. The summed E-state index contributed by atoms with van der Waals surface area (Å²) < 4.78 is 16.1. The summed E-state index contributed by atoms with van der Waals surface area (Å²) in [6.45, 7) is 2.25. The summed E-state index contributed by atoms with van der Waals surface area (Å²) in [4.78, 5) is 2.57. The van der Waals surface area contributed by atoms with Gasteiger partial charge in [-0.25, -0.2) is 4.39 Å². The van der Waals surface area contributed by atoms with Gasteiger partial charge in [-0.3, -0.25) is 0 Å². The van der Waals surface area contributed by atoms with Gasteiger partial charge in [0.25, 0.3) is 0 Å². The normalized spacial score (nSPS) is 11.5. The van der Waals surface area contributed by atoms with Gasteiger partial charge in [-0.1, -0.05) is 50.2 Å². The molecule has 3 heteroatoms. The maximum Gasteiger partial charge on any atom is 0.123 e. The van der Waals surface area contributed by atoms with E-state index in [0.717, 1.165) is 27.6 Å². The standard InChI is InChI=1S/C32H25FS2/c1-2-3-4-5-6-27-13-14-28(34-27)12-8-21-7-9-22-17-29-30-18-23-10-11-26(33)16-25(23)20-32(30)35-31(29)19-24(22)15-21/h7,9-11,13-20H,2-6H2,1H3. The molecule has 172 valence electrons. The van der Waals surface area contributed by atoms with Crippen LogP contribution in [0.4, 0.5) is 4.39 Å². The second-order valence-corrected chi connectivity index (χ2v) is 11.4. The van der Waals surface area contributed by atoms with Crippen LogP contribution in [0.25, 0.3) is 41.7 Å². The van der Waals surface area contributed by atoms with Gasteiger partial charge in [-0.2, -0.15) is 0 Å². The molecule has 4 aromatic carbocycles. The highest BCUT2D eigenvalue weighted by atomic mass is 32.1. The molecule has 6 aromatic rings. The van der Waals surface area contributed by atoms with Crippen LogP contribution in [0.2, 0.25) is 0 Å². The van der Waals surface area contributed by atoms with E-state index >= 15 is 0 Å². The van der Waals surface area contributed by atoms with E-state index in [0.29, 0.717) is 0 Å². The van der Waals surface area contributed by atoms with Gasteiger partial charge in [0.1, 0.15) is 5.82 Å². The number of halogens is 1. The van der Waals surface area contributed by atoms with Crippen molar-refractivity contribution in [1.29, 1.82) is 0 Å². The van der Waals surface area contributed by atoms with Gasteiger partial charge in [-0.15, -0.1) is 22.7 Å². The van der Waals surface area contributed by atoms with Crippen LogP contribution in [0.1, 0.15) is 47.9 Å².